The molecule has 3 amide bonds. The summed E-state index contributed by atoms with van der Waals surface area (Å²) >= 11 is 0. The van der Waals surface area contributed by atoms with Gasteiger partial charge in [-0.05, 0) is 31.4 Å². The highest BCUT2D eigenvalue weighted by Crippen LogP contribution is 2.31. The number of anilines is 1. The monoisotopic (exact) mass is 400 g/mol. The smallest absolute Gasteiger partial charge is 0.265 e. The van der Waals surface area contributed by atoms with Crippen LogP contribution in [0.2, 0.25) is 0 Å². The van der Waals surface area contributed by atoms with Gasteiger partial charge in [0.15, 0.2) is 6.61 Å². The van der Waals surface area contributed by atoms with Gasteiger partial charge in [0.25, 0.3) is 5.91 Å². The number of benzene rings is 1. The summed E-state index contributed by atoms with van der Waals surface area (Å²) in [6.07, 6.45) is 3.40. The summed E-state index contributed by atoms with van der Waals surface area (Å²) in [5.74, 6) is 0.542. The Morgan fingerprint density at radius 2 is 1.48 bits per heavy atom. The number of fused-ring (bicyclic) bond motifs is 1. The fourth-order valence-electron chi connectivity index (χ4n) is 4.15. The molecule has 8 nitrogen and oxygen atoms in total. The molecule has 0 spiro atoms. The third-order valence-electron chi connectivity index (χ3n) is 5.89. The number of rotatable bonds is 4. The van der Waals surface area contributed by atoms with Gasteiger partial charge in [-0.15, -0.1) is 0 Å². The highest BCUT2D eigenvalue weighted by Gasteiger charge is 2.30. The molecule has 0 atom stereocenters. The van der Waals surface area contributed by atoms with Crippen LogP contribution < -0.4 is 9.64 Å². The molecule has 3 heterocycles. The van der Waals surface area contributed by atoms with Crippen LogP contribution in [-0.4, -0.2) is 91.4 Å². The standard InChI is InChI=1S/C21H28N4O4/c26-19(23-8-4-1-5-9-23)14-22-10-12-24(13-11-22)20(27)15-25-17-6-2-3-7-18(17)29-16-21(25)28/h2-3,6-7H,1,4-5,8-16H2. The second-order valence-electron chi connectivity index (χ2n) is 7.83. The van der Waals surface area contributed by atoms with Crippen LogP contribution >= 0.6 is 0 Å². The molecule has 156 valence electrons. The Morgan fingerprint density at radius 1 is 0.828 bits per heavy atom. The van der Waals surface area contributed by atoms with Crippen molar-refractivity contribution in [2.45, 2.75) is 19.3 Å². The molecule has 0 radical (unpaired) electrons. The molecule has 3 aliphatic heterocycles. The summed E-state index contributed by atoms with van der Waals surface area (Å²) in [6.45, 7) is 4.65. The van der Waals surface area contributed by atoms with E-state index in [1.807, 2.05) is 17.0 Å². The van der Waals surface area contributed by atoms with E-state index in [9.17, 15) is 14.4 Å². The molecule has 29 heavy (non-hydrogen) atoms. The Bertz CT molecular complexity index is 770. The number of hydrogen-bond donors (Lipinski definition) is 0. The van der Waals surface area contributed by atoms with Gasteiger partial charge in [-0.1, -0.05) is 12.1 Å². The highest BCUT2D eigenvalue weighted by molar-refractivity contribution is 6.02. The average Bonchev–Trinajstić information content (AvgIpc) is 2.77. The fraction of sp³-hybridized carbons (Fsp3) is 0.571. The second-order valence-corrected chi connectivity index (χ2v) is 7.83. The van der Waals surface area contributed by atoms with Gasteiger partial charge in [-0.25, -0.2) is 0 Å². The summed E-state index contributed by atoms with van der Waals surface area (Å²) in [4.78, 5) is 44.9. The molecule has 4 rings (SSSR count). The highest BCUT2D eigenvalue weighted by atomic mass is 16.5. The quantitative estimate of drug-likeness (QED) is 0.739. The van der Waals surface area contributed by atoms with Crippen LogP contribution in [-0.2, 0) is 14.4 Å². The van der Waals surface area contributed by atoms with Crippen LogP contribution in [0.5, 0.6) is 5.75 Å². The predicted octanol–water partition coefficient (Wildman–Crippen LogP) is 0.569. The van der Waals surface area contributed by atoms with Crippen LogP contribution in [0.3, 0.4) is 0 Å². The third-order valence-corrected chi connectivity index (χ3v) is 5.89. The van der Waals surface area contributed by atoms with Crippen molar-refractivity contribution >= 4 is 23.4 Å². The van der Waals surface area contributed by atoms with Crippen LogP contribution in [0.4, 0.5) is 5.69 Å². The van der Waals surface area contributed by atoms with E-state index in [1.54, 1.807) is 17.0 Å². The number of ether oxygens (including phenoxy) is 1. The summed E-state index contributed by atoms with van der Waals surface area (Å²) in [7, 11) is 0. The molecular weight excluding hydrogens is 372 g/mol. The van der Waals surface area contributed by atoms with Gasteiger partial charge in [0.05, 0.1) is 12.2 Å². The lowest BCUT2D eigenvalue weighted by Crippen LogP contribution is -2.54. The minimum absolute atomic E-state index is 0.0198. The van der Waals surface area contributed by atoms with E-state index in [0.717, 1.165) is 25.9 Å². The first-order valence-corrected chi connectivity index (χ1v) is 10.4. The Hall–Kier alpha value is -2.61. The number of carbonyl (C=O) groups excluding carboxylic acids is 3. The first-order valence-electron chi connectivity index (χ1n) is 10.4. The molecule has 0 N–H and O–H groups in total. The largest absolute Gasteiger partial charge is 0.482 e. The van der Waals surface area contributed by atoms with Crippen molar-refractivity contribution in [3.63, 3.8) is 0 Å². The minimum atomic E-state index is -0.206. The first-order chi connectivity index (χ1) is 14.1. The van der Waals surface area contributed by atoms with Crippen molar-refractivity contribution in [3.8, 4) is 5.75 Å². The molecule has 8 heteroatoms. The van der Waals surface area contributed by atoms with Crippen LogP contribution in [0.1, 0.15) is 19.3 Å². The molecule has 2 saturated heterocycles. The van der Waals surface area contributed by atoms with Crippen molar-refractivity contribution in [2.75, 3.05) is 63.9 Å². The lowest BCUT2D eigenvalue weighted by atomic mass is 10.1. The first kappa shape index (κ1) is 19.7. The van der Waals surface area contributed by atoms with Crippen LogP contribution in [0.25, 0.3) is 0 Å². The summed E-state index contributed by atoms with van der Waals surface area (Å²) < 4.78 is 5.44. The number of piperidine rings is 1. The summed E-state index contributed by atoms with van der Waals surface area (Å²) in [5.41, 5.74) is 0.642. The van der Waals surface area contributed by atoms with Gasteiger partial charge in [-0.3, -0.25) is 24.2 Å². The van der Waals surface area contributed by atoms with E-state index in [2.05, 4.69) is 4.90 Å². The number of piperazine rings is 1. The lowest BCUT2D eigenvalue weighted by Gasteiger charge is -2.37. The van der Waals surface area contributed by atoms with Crippen molar-refractivity contribution in [2.24, 2.45) is 0 Å². The molecule has 1 aromatic carbocycles. The zero-order chi connectivity index (χ0) is 20.2. The van der Waals surface area contributed by atoms with E-state index in [4.69, 9.17) is 4.74 Å². The van der Waals surface area contributed by atoms with E-state index in [-0.39, 0.29) is 30.9 Å². The molecule has 3 aliphatic rings. The molecular formula is C21H28N4O4. The second kappa shape index (κ2) is 8.82. The van der Waals surface area contributed by atoms with Gasteiger partial charge < -0.3 is 14.5 Å². The van der Waals surface area contributed by atoms with Gasteiger partial charge in [0.2, 0.25) is 11.8 Å². The Labute approximate surface area is 171 Å². The van der Waals surface area contributed by atoms with Crippen molar-refractivity contribution in [1.29, 1.82) is 0 Å². The van der Waals surface area contributed by atoms with Crippen molar-refractivity contribution in [1.82, 2.24) is 14.7 Å². The zero-order valence-electron chi connectivity index (χ0n) is 16.7. The number of likely N-dealkylation sites (tertiary alicyclic amines) is 1. The van der Waals surface area contributed by atoms with E-state index in [1.165, 1.54) is 11.3 Å². The van der Waals surface area contributed by atoms with E-state index in [0.29, 0.717) is 44.2 Å². The molecule has 0 unspecified atom stereocenters. The maximum absolute atomic E-state index is 12.8. The van der Waals surface area contributed by atoms with Gasteiger partial charge >= 0.3 is 0 Å². The number of amides is 3. The Balaban J connectivity index is 1.28. The average molecular weight is 400 g/mol. The molecule has 0 bridgehead atoms. The number of carbonyl (C=O) groups is 3. The maximum Gasteiger partial charge on any atom is 0.265 e. The van der Waals surface area contributed by atoms with Crippen LogP contribution in [0.15, 0.2) is 24.3 Å². The van der Waals surface area contributed by atoms with E-state index >= 15 is 0 Å². The Kier molecular flexibility index (Phi) is 5.99. The molecule has 0 aliphatic carbocycles. The molecule has 0 aromatic heterocycles. The Morgan fingerprint density at radius 3 is 2.24 bits per heavy atom. The van der Waals surface area contributed by atoms with Crippen molar-refractivity contribution in [3.05, 3.63) is 24.3 Å². The SMILES string of the molecule is O=C(CN1CCN(C(=O)CN2C(=O)COc3ccccc32)CC1)N1CCCCC1. The predicted molar refractivity (Wildman–Crippen MR) is 108 cm³/mol. The van der Waals surface area contributed by atoms with Crippen molar-refractivity contribution < 1.29 is 19.1 Å². The molecule has 2 fully saturated rings. The van der Waals surface area contributed by atoms with Gasteiger partial charge in [-0.2, -0.15) is 0 Å². The summed E-state index contributed by atoms with van der Waals surface area (Å²) in [6, 6.07) is 7.27. The topological polar surface area (TPSA) is 73.4 Å². The number of nitrogens with zero attached hydrogens (tertiary/aromatic N) is 4. The van der Waals surface area contributed by atoms with Gasteiger partial charge in [0, 0.05) is 39.3 Å². The molecule has 1 aromatic rings. The van der Waals surface area contributed by atoms with E-state index < -0.39 is 0 Å². The molecule has 0 saturated carbocycles. The fourth-order valence-corrected chi connectivity index (χ4v) is 4.15. The normalized spacial score (nSPS) is 20.3. The maximum atomic E-state index is 12.8. The number of para-hydroxylation sites is 2. The summed E-state index contributed by atoms with van der Waals surface area (Å²) in [5, 5.41) is 0. The van der Waals surface area contributed by atoms with Gasteiger partial charge in [0.1, 0.15) is 12.3 Å². The third kappa shape index (κ3) is 4.53. The minimum Gasteiger partial charge on any atom is -0.482 e. The van der Waals surface area contributed by atoms with Crippen LogP contribution in [0, 0.1) is 0 Å². The zero-order valence-corrected chi connectivity index (χ0v) is 16.7. The number of hydrogen-bond acceptors (Lipinski definition) is 5. The lowest BCUT2D eigenvalue weighted by molar-refractivity contribution is -0.136.